The lowest BCUT2D eigenvalue weighted by Crippen LogP contribution is -2.44. The molecule has 0 unspecified atom stereocenters. The summed E-state index contributed by atoms with van der Waals surface area (Å²) in [4.78, 5) is 11.3. The minimum Gasteiger partial charge on any atom is -0.480 e. The molecule has 1 aromatic carbocycles. The van der Waals surface area contributed by atoms with Crippen LogP contribution in [-0.2, 0) is 14.8 Å². The first-order valence-electron chi connectivity index (χ1n) is 6.33. The Hall–Kier alpha value is -1.74. The van der Waals surface area contributed by atoms with E-state index in [1.165, 1.54) is 23.5 Å². The number of carbonyl (C=O) groups is 1. The maximum Gasteiger partial charge on any atom is 0.324 e. The SMILES string of the molecule is Cc1ccc(S(=O)(=O)N[C@H](C(=O)O)[C@H](O)c2ccsc2)cc1. The summed E-state index contributed by atoms with van der Waals surface area (Å²) in [5.41, 5.74) is 1.23. The number of aryl methyl sites for hydroxylation is 1. The second-order valence-electron chi connectivity index (χ2n) is 4.75. The molecule has 0 amide bonds. The van der Waals surface area contributed by atoms with Crippen LogP contribution in [0.5, 0.6) is 0 Å². The van der Waals surface area contributed by atoms with Gasteiger partial charge in [0.25, 0.3) is 0 Å². The molecule has 1 heterocycles. The van der Waals surface area contributed by atoms with Crippen LogP contribution >= 0.6 is 11.3 Å². The summed E-state index contributed by atoms with van der Waals surface area (Å²) >= 11 is 1.28. The minimum atomic E-state index is -4.04. The Morgan fingerprint density at radius 2 is 1.86 bits per heavy atom. The van der Waals surface area contributed by atoms with E-state index in [9.17, 15) is 23.4 Å². The molecule has 0 bridgehead atoms. The highest BCUT2D eigenvalue weighted by Gasteiger charge is 2.32. The molecule has 0 saturated heterocycles. The van der Waals surface area contributed by atoms with E-state index in [0.29, 0.717) is 5.56 Å². The number of benzene rings is 1. The zero-order chi connectivity index (χ0) is 16.3. The molecule has 1 aromatic heterocycles. The zero-order valence-corrected chi connectivity index (χ0v) is 13.3. The highest BCUT2D eigenvalue weighted by Crippen LogP contribution is 2.21. The van der Waals surface area contributed by atoms with Gasteiger partial charge in [0.15, 0.2) is 0 Å². The van der Waals surface area contributed by atoms with E-state index in [-0.39, 0.29) is 4.90 Å². The quantitative estimate of drug-likeness (QED) is 0.739. The van der Waals surface area contributed by atoms with Crippen molar-refractivity contribution < 1.29 is 23.4 Å². The normalized spacial score (nSPS) is 14.5. The number of carboxylic acids is 1. The van der Waals surface area contributed by atoms with E-state index < -0.39 is 28.1 Å². The van der Waals surface area contributed by atoms with Gasteiger partial charge < -0.3 is 10.2 Å². The van der Waals surface area contributed by atoms with Gasteiger partial charge in [-0.15, -0.1) is 0 Å². The second-order valence-corrected chi connectivity index (χ2v) is 7.25. The zero-order valence-electron chi connectivity index (χ0n) is 11.6. The number of aliphatic hydroxyl groups is 1. The summed E-state index contributed by atoms with van der Waals surface area (Å²) < 4.78 is 26.5. The van der Waals surface area contributed by atoms with Crippen molar-refractivity contribution in [1.29, 1.82) is 0 Å². The Morgan fingerprint density at radius 1 is 1.23 bits per heavy atom. The molecule has 0 saturated carbocycles. The molecule has 8 heteroatoms. The first-order chi connectivity index (χ1) is 10.3. The van der Waals surface area contributed by atoms with Crippen molar-refractivity contribution in [2.75, 3.05) is 0 Å². The van der Waals surface area contributed by atoms with E-state index in [4.69, 9.17) is 0 Å². The summed E-state index contributed by atoms with van der Waals surface area (Å²) in [6.45, 7) is 1.81. The third kappa shape index (κ3) is 3.72. The van der Waals surface area contributed by atoms with E-state index in [0.717, 1.165) is 5.56 Å². The molecule has 0 aliphatic carbocycles. The first-order valence-corrected chi connectivity index (χ1v) is 8.76. The number of carboxylic acid groups (broad SMARTS) is 1. The van der Waals surface area contributed by atoms with Crippen LogP contribution in [0.25, 0.3) is 0 Å². The Balaban J connectivity index is 2.27. The van der Waals surface area contributed by atoms with Crippen LogP contribution in [0.2, 0.25) is 0 Å². The van der Waals surface area contributed by atoms with Crippen LogP contribution in [0.15, 0.2) is 46.0 Å². The molecule has 0 spiro atoms. The highest BCUT2D eigenvalue weighted by molar-refractivity contribution is 7.89. The van der Waals surface area contributed by atoms with Crippen molar-refractivity contribution in [3.63, 3.8) is 0 Å². The van der Waals surface area contributed by atoms with Crippen LogP contribution < -0.4 is 4.72 Å². The third-order valence-corrected chi connectivity index (χ3v) is 5.24. The molecule has 22 heavy (non-hydrogen) atoms. The van der Waals surface area contributed by atoms with Crippen molar-refractivity contribution in [3.05, 3.63) is 52.2 Å². The number of nitrogens with one attached hydrogen (secondary N) is 1. The fourth-order valence-electron chi connectivity index (χ4n) is 1.84. The molecule has 0 fully saturated rings. The lowest BCUT2D eigenvalue weighted by Gasteiger charge is -2.19. The molecule has 2 rings (SSSR count). The van der Waals surface area contributed by atoms with Crippen molar-refractivity contribution >= 4 is 27.3 Å². The number of thiophene rings is 1. The lowest BCUT2D eigenvalue weighted by atomic mass is 10.1. The van der Waals surface area contributed by atoms with Crippen molar-refractivity contribution in [3.8, 4) is 0 Å². The molecule has 0 radical (unpaired) electrons. The fraction of sp³-hybridized carbons (Fsp3) is 0.214. The van der Waals surface area contributed by atoms with Gasteiger partial charge in [-0.3, -0.25) is 4.79 Å². The van der Waals surface area contributed by atoms with Crippen LogP contribution in [0.1, 0.15) is 17.2 Å². The fourth-order valence-corrected chi connectivity index (χ4v) is 3.72. The number of sulfonamides is 1. The molecule has 2 atom stereocenters. The lowest BCUT2D eigenvalue weighted by molar-refractivity contribution is -0.141. The summed E-state index contributed by atoms with van der Waals surface area (Å²) in [5.74, 6) is -1.45. The van der Waals surface area contributed by atoms with E-state index >= 15 is 0 Å². The highest BCUT2D eigenvalue weighted by atomic mass is 32.2. The minimum absolute atomic E-state index is 0.0538. The monoisotopic (exact) mass is 341 g/mol. The first kappa shape index (κ1) is 16.6. The molecule has 2 aromatic rings. The van der Waals surface area contributed by atoms with Crippen LogP contribution in [0.3, 0.4) is 0 Å². The number of aliphatic carboxylic acids is 1. The van der Waals surface area contributed by atoms with Gasteiger partial charge in [0.2, 0.25) is 10.0 Å². The summed E-state index contributed by atoms with van der Waals surface area (Å²) in [7, 11) is -4.04. The van der Waals surface area contributed by atoms with Crippen molar-refractivity contribution in [2.24, 2.45) is 0 Å². The third-order valence-electron chi connectivity index (χ3n) is 3.08. The summed E-state index contributed by atoms with van der Waals surface area (Å²) in [5, 5.41) is 22.5. The molecule has 3 N–H and O–H groups in total. The molecular formula is C14H15NO5S2. The molecule has 0 aliphatic heterocycles. The maximum absolute atomic E-state index is 12.2. The van der Waals surface area contributed by atoms with Gasteiger partial charge in [-0.1, -0.05) is 17.7 Å². The van der Waals surface area contributed by atoms with E-state index in [1.807, 2.05) is 11.6 Å². The van der Waals surface area contributed by atoms with E-state index in [1.54, 1.807) is 29.0 Å². The van der Waals surface area contributed by atoms with E-state index in [2.05, 4.69) is 0 Å². The number of aliphatic hydroxyl groups excluding tert-OH is 1. The molecule has 6 nitrogen and oxygen atoms in total. The van der Waals surface area contributed by atoms with Gasteiger partial charge in [-0.2, -0.15) is 16.1 Å². The Labute approximate surface area is 132 Å². The largest absolute Gasteiger partial charge is 0.480 e. The number of hydrogen-bond acceptors (Lipinski definition) is 5. The molecule has 0 aliphatic rings. The van der Waals surface area contributed by atoms with Crippen LogP contribution in [0, 0.1) is 6.92 Å². The number of hydrogen-bond donors (Lipinski definition) is 3. The molecule has 118 valence electrons. The second kappa shape index (κ2) is 6.57. The van der Waals surface area contributed by atoms with Crippen molar-refractivity contribution in [2.45, 2.75) is 24.0 Å². The van der Waals surface area contributed by atoms with Gasteiger partial charge in [0, 0.05) is 0 Å². The average molecular weight is 341 g/mol. The Kier molecular flexibility index (Phi) is 4.97. The van der Waals surface area contributed by atoms with Gasteiger partial charge in [0.1, 0.15) is 12.1 Å². The number of rotatable bonds is 6. The summed E-state index contributed by atoms with van der Waals surface area (Å²) in [6.07, 6.45) is -1.47. The van der Waals surface area contributed by atoms with Crippen molar-refractivity contribution in [1.82, 2.24) is 4.72 Å². The van der Waals surface area contributed by atoms with Crippen LogP contribution in [-0.4, -0.2) is 30.6 Å². The standard InChI is InChI=1S/C14H15NO5S2/c1-9-2-4-11(5-3-9)22(19,20)15-12(14(17)18)13(16)10-6-7-21-8-10/h2-8,12-13,15-16H,1H3,(H,17,18)/t12-,13+/m0/s1. The predicted octanol–water partition coefficient (Wildman–Crippen LogP) is 1.52. The Bertz CT molecular complexity index is 738. The van der Waals surface area contributed by atoms with Gasteiger partial charge in [0.05, 0.1) is 4.90 Å². The molecular weight excluding hydrogens is 326 g/mol. The average Bonchev–Trinajstić information content (AvgIpc) is 2.98. The topological polar surface area (TPSA) is 104 Å². The maximum atomic E-state index is 12.2. The Morgan fingerprint density at radius 3 is 2.36 bits per heavy atom. The smallest absolute Gasteiger partial charge is 0.324 e. The van der Waals surface area contributed by atoms with Gasteiger partial charge in [-0.05, 0) is 41.4 Å². The van der Waals surface area contributed by atoms with Crippen LogP contribution in [0.4, 0.5) is 0 Å². The van der Waals surface area contributed by atoms with Gasteiger partial charge >= 0.3 is 5.97 Å². The summed E-state index contributed by atoms with van der Waals surface area (Å²) in [6, 6.07) is 5.87. The van der Waals surface area contributed by atoms with Gasteiger partial charge in [-0.25, -0.2) is 8.42 Å². The predicted molar refractivity (Wildman–Crippen MR) is 82.2 cm³/mol.